The smallest absolute Gasteiger partial charge is 0.240 e. The number of amidine groups is 1. The van der Waals surface area contributed by atoms with Crippen LogP contribution >= 0.6 is 11.8 Å². The van der Waals surface area contributed by atoms with Crippen molar-refractivity contribution in [3.8, 4) is 0 Å². The van der Waals surface area contributed by atoms with Gasteiger partial charge in [-0.1, -0.05) is 30.0 Å². The molecule has 1 aromatic carbocycles. The highest BCUT2D eigenvalue weighted by Gasteiger charge is 2.32. The molecular weight excluding hydrogens is 326 g/mol. The second-order valence-electron chi connectivity index (χ2n) is 5.94. The predicted molar refractivity (Wildman–Crippen MR) is 95.2 cm³/mol. The third-order valence-electron chi connectivity index (χ3n) is 4.03. The molecule has 24 heavy (non-hydrogen) atoms. The molecule has 2 amide bonds. The van der Waals surface area contributed by atoms with E-state index in [0.717, 1.165) is 30.7 Å². The largest absolute Gasteiger partial charge is 0.376 e. The van der Waals surface area contributed by atoms with Crippen LogP contribution in [0.15, 0.2) is 29.3 Å². The molecule has 0 radical (unpaired) electrons. The van der Waals surface area contributed by atoms with Gasteiger partial charge < -0.3 is 15.4 Å². The van der Waals surface area contributed by atoms with Gasteiger partial charge in [0.2, 0.25) is 11.8 Å². The fourth-order valence-corrected chi connectivity index (χ4v) is 3.65. The molecule has 0 saturated carbocycles. The van der Waals surface area contributed by atoms with Crippen LogP contribution in [-0.4, -0.2) is 41.5 Å². The highest BCUT2D eigenvalue weighted by Crippen LogP contribution is 2.24. The Labute approximate surface area is 145 Å². The highest BCUT2D eigenvalue weighted by atomic mass is 32.2. The van der Waals surface area contributed by atoms with Gasteiger partial charge >= 0.3 is 0 Å². The third kappa shape index (κ3) is 4.36. The van der Waals surface area contributed by atoms with Crippen LogP contribution in [0.3, 0.4) is 0 Å². The van der Waals surface area contributed by atoms with Gasteiger partial charge in [-0.2, -0.15) is 0 Å². The number of para-hydroxylation sites is 1. The molecule has 2 atom stereocenters. The Kier molecular flexibility index (Phi) is 5.52. The van der Waals surface area contributed by atoms with E-state index < -0.39 is 5.25 Å². The number of nitrogens with zero attached hydrogens (tertiary/aromatic N) is 1. The normalized spacial score (nSPS) is 25.0. The van der Waals surface area contributed by atoms with Crippen molar-refractivity contribution in [3.05, 3.63) is 29.8 Å². The summed E-state index contributed by atoms with van der Waals surface area (Å²) in [7, 11) is 0. The van der Waals surface area contributed by atoms with Gasteiger partial charge in [-0.05, 0) is 31.4 Å². The molecule has 2 fully saturated rings. The summed E-state index contributed by atoms with van der Waals surface area (Å²) in [5, 5.41) is 5.76. The lowest BCUT2D eigenvalue weighted by Gasteiger charge is -2.09. The molecule has 2 N–H and O–H groups in total. The summed E-state index contributed by atoms with van der Waals surface area (Å²) in [6.07, 6.45) is 2.36. The zero-order valence-corrected chi connectivity index (χ0v) is 14.4. The first kappa shape index (κ1) is 17.0. The number of aliphatic imine (C=N–C) groups is 1. The van der Waals surface area contributed by atoms with Crippen molar-refractivity contribution in [1.82, 2.24) is 5.32 Å². The summed E-state index contributed by atoms with van der Waals surface area (Å²) in [4.78, 5) is 28.6. The molecule has 3 rings (SSSR count). The number of hydrogen-bond acceptors (Lipinski definition) is 5. The van der Waals surface area contributed by atoms with E-state index in [0.29, 0.717) is 11.7 Å². The quantitative estimate of drug-likeness (QED) is 0.855. The Balaban J connectivity index is 1.51. The number of anilines is 1. The van der Waals surface area contributed by atoms with Crippen LogP contribution in [0.5, 0.6) is 0 Å². The Morgan fingerprint density at radius 3 is 3.04 bits per heavy atom. The van der Waals surface area contributed by atoms with Gasteiger partial charge in [0.05, 0.1) is 12.6 Å². The first-order chi connectivity index (χ1) is 11.6. The van der Waals surface area contributed by atoms with Crippen LogP contribution < -0.4 is 10.6 Å². The van der Waals surface area contributed by atoms with Gasteiger partial charge in [0.15, 0.2) is 5.17 Å². The van der Waals surface area contributed by atoms with Crippen molar-refractivity contribution in [2.24, 2.45) is 4.99 Å². The maximum atomic E-state index is 12.2. The zero-order valence-electron chi connectivity index (χ0n) is 13.6. The average molecular weight is 347 g/mol. The van der Waals surface area contributed by atoms with E-state index in [4.69, 9.17) is 4.74 Å². The van der Waals surface area contributed by atoms with E-state index in [9.17, 15) is 9.59 Å². The maximum absolute atomic E-state index is 12.2. The number of hydrogen-bond donors (Lipinski definition) is 2. The fraction of sp³-hybridized carbons (Fsp3) is 0.471. The summed E-state index contributed by atoms with van der Waals surface area (Å²) in [6, 6.07) is 7.57. The lowest BCUT2D eigenvalue weighted by Crippen LogP contribution is -2.28. The minimum atomic E-state index is -0.433. The van der Waals surface area contributed by atoms with Crippen LogP contribution in [-0.2, 0) is 14.3 Å². The van der Waals surface area contributed by atoms with E-state index in [1.54, 1.807) is 0 Å². The van der Waals surface area contributed by atoms with Crippen molar-refractivity contribution in [2.45, 2.75) is 37.5 Å². The number of ether oxygens (including phenoxy) is 1. The average Bonchev–Trinajstić information content (AvgIpc) is 3.18. The minimum Gasteiger partial charge on any atom is -0.376 e. The van der Waals surface area contributed by atoms with Gasteiger partial charge in [-0.15, -0.1) is 0 Å². The molecule has 2 aliphatic heterocycles. The summed E-state index contributed by atoms with van der Waals surface area (Å²) >= 11 is 1.32. The molecule has 1 aromatic rings. The summed E-state index contributed by atoms with van der Waals surface area (Å²) < 4.78 is 5.52. The van der Waals surface area contributed by atoms with Crippen LogP contribution in [0.25, 0.3) is 0 Å². The van der Waals surface area contributed by atoms with Crippen molar-refractivity contribution < 1.29 is 14.3 Å². The number of nitrogens with one attached hydrogen (secondary N) is 2. The van der Waals surface area contributed by atoms with E-state index in [2.05, 4.69) is 15.6 Å². The van der Waals surface area contributed by atoms with Crippen LogP contribution in [0.4, 0.5) is 5.69 Å². The number of benzene rings is 1. The van der Waals surface area contributed by atoms with E-state index in [-0.39, 0.29) is 24.3 Å². The van der Waals surface area contributed by atoms with Crippen LogP contribution in [0.1, 0.15) is 24.8 Å². The van der Waals surface area contributed by atoms with Gasteiger partial charge in [0.25, 0.3) is 0 Å². The van der Waals surface area contributed by atoms with Gasteiger partial charge in [0.1, 0.15) is 5.25 Å². The number of rotatable bonds is 5. The Morgan fingerprint density at radius 1 is 1.46 bits per heavy atom. The minimum absolute atomic E-state index is 0.129. The van der Waals surface area contributed by atoms with Gasteiger partial charge in [0, 0.05) is 18.7 Å². The first-order valence-corrected chi connectivity index (χ1v) is 8.99. The van der Waals surface area contributed by atoms with Crippen LogP contribution in [0.2, 0.25) is 0 Å². The number of thioether (sulfide) groups is 1. The predicted octanol–water partition coefficient (Wildman–Crippen LogP) is 2.09. The lowest BCUT2D eigenvalue weighted by atomic mass is 10.2. The van der Waals surface area contributed by atoms with Gasteiger partial charge in [-0.3, -0.25) is 14.6 Å². The molecule has 2 heterocycles. The highest BCUT2D eigenvalue weighted by molar-refractivity contribution is 8.15. The summed E-state index contributed by atoms with van der Waals surface area (Å²) in [6.45, 7) is 3.28. The Bertz CT molecular complexity index is 656. The third-order valence-corrected chi connectivity index (χ3v) is 5.15. The molecule has 0 aromatic heterocycles. The molecule has 2 unspecified atom stereocenters. The Hall–Kier alpha value is -1.86. The molecule has 6 nitrogen and oxygen atoms in total. The molecule has 2 aliphatic rings. The van der Waals surface area contributed by atoms with Gasteiger partial charge in [-0.25, -0.2) is 0 Å². The summed E-state index contributed by atoms with van der Waals surface area (Å²) in [5.74, 6) is -0.330. The molecular formula is C17H21N3O3S. The first-order valence-electron chi connectivity index (χ1n) is 8.11. The van der Waals surface area contributed by atoms with Crippen molar-refractivity contribution in [2.75, 3.05) is 18.5 Å². The van der Waals surface area contributed by atoms with Crippen LogP contribution in [0, 0.1) is 6.92 Å². The molecule has 7 heteroatoms. The number of carbonyl (C=O) groups excluding carboxylic acids is 2. The fourth-order valence-electron chi connectivity index (χ4n) is 2.67. The van der Waals surface area contributed by atoms with E-state index >= 15 is 0 Å². The molecule has 0 bridgehead atoms. The number of carbonyl (C=O) groups is 2. The number of aryl methyl sites for hydroxylation is 1. The molecule has 2 saturated heterocycles. The molecule has 0 aliphatic carbocycles. The SMILES string of the molecule is Cc1ccccc1NC(=O)CC1SC(=NCC2CCCO2)NC1=O. The van der Waals surface area contributed by atoms with Crippen molar-refractivity contribution in [1.29, 1.82) is 0 Å². The topological polar surface area (TPSA) is 79.8 Å². The standard InChI is InChI=1S/C17H21N3O3S/c1-11-5-2-3-7-13(11)19-15(21)9-14-16(22)20-17(24-14)18-10-12-6-4-8-23-12/h2-3,5,7,12,14H,4,6,8-10H2,1H3,(H,19,21)(H,18,20,22). The molecule has 0 spiro atoms. The second-order valence-corrected chi connectivity index (χ2v) is 7.14. The Morgan fingerprint density at radius 2 is 2.29 bits per heavy atom. The monoisotopic (exact) mass is 347 g/mol. The second kappa shape index (κ2) is 7.81. The van der Waals surface area contributed by atoms with Crippen molar-refractivity contribution in [3.63, 3.8) is 0 Å². The van der Waals surface area contributed by atoms with Crippen molar-refractivity contribution >= 4 is 34.4 Å². The number of amides is 2. The summed E-state index contributed by atoms with van der Waals surface area (Å²) in [5.41, 5.74) is 1.77. The maximum Gasteiger partial charge on any atom is 0.240 e. The lowest BCUT2D eigenvalue weighted by molar-refractivity contribution is -0.122. The van der Waals surface area contributed by atoms with E-state index in [1.165, 1.54) is 11.8 Å². The zero-order chi connectivity index (χ0) is 16.9. The molecule has 128 valence electrons. The van der Waals surface area contributed by atoms with E-state index in [1.807, 2.05) is 31.2 Å².